The van der Waals surface area contributed by atoms with Crippen LogP contribution in [0.15, 0.2) is 70.6 Å². The van der Waals surface area contributed by atoms with E-state index in [9.17, 15) is 0 Å². The van der Waals surface area contributed by atoms with Crippen molar-refractivity contribution in [1.82, 2.24) is 0 Å². The molecule has 0 radical (unpaired) electrons. The van der Waals surface area contributed by atoms with Crippen LogP contribution in [-0.4, -0.2) is 11.4 Å². The highest BCUT2D eigenvalue weighted by atomic mass is 14.8. The van der Waals surface area contributed by atoms with Gasteiger partial charge in [-0.25, -0.2) is 0 Å². The predicted octanol–water partition coefficient (Wildman–Crippen LogP) is 6.52. The van der Waals surface area contributed by atoms with E-state index in [0.29, 0.717) is 0 Å². The minimum atomic E-state index is 0.896. The van der Waals surface area contributed by atoms with E-state index in [4.69, 9.17) is 9.98 Å². The summed E-state index contributed by atoms with van der Waals surface area (Å²) in [6.07, 6.45) is 5.50. The van der Waals surface area contributed by atoms with Gasteiger partial charge in [-0.2, -0.15) is 0 Å². The van der Waals surface area contributed by atoms with Crippen molar-refractivity contribution in [2.24, 2.45) is 9.98 Å². The molecule has 2 heteroatoms. The van der Waals surface area contributed by atoms with Gasteiger partial charge < -0.3 is 0 Å². The van der Waals surface area contributed by atoms with E-state index in [-0.39, 0.29) is 0 Å². The van der Waals surface area contributed by atoms with Crippen LogP contribution in [0.25, 0.3) is 0 Å². The monoisotopic (exact) mass is 306 g/mol. The third kappa shape index (κ3) is 5.82. The summed E-state index contributed by atoms with van der Waals surface area (Å²) in [6, 6.07) is 20.3. The molecule has 23 heavy (non-hydrogen) atoms. The molecule has 0 aliphatic carbocycles. The van der Waals surface area contributed by atoms with Gasteiger partial charge in [-0.3, -0.25) is 9.98 Å². The number of para-hydroxylation sites is 2. The van der Waals surface area contributed by atoms with Crippen LogP contribution in [0.2, 0.25) is 0 Å². The maximum atomic E-state index is 4.88. The molecule has 0 spiro atoms. The zero-order chi connectivity index (χ0) is 16.3. The van der Waals surface area contributed by atoms with Crippen LogP contribution in [0.5, 0.6) is 0 Å². The number of rotatable bonds is 8. The number of aliphatic imine (C=N–C) groups is 2. The van der Waals surface area contributed by atoms with E-state index < -0.39 is 0 Å². The summed E-state index contributed by atoms with van der Waals surface area (Å²) in [4.78, 5) is 9.72. The maximum absolute atomic E-state index is 4.88. The summed E-state index contributed by atoms with van der Waals surface area (Å²) in [5, 5.41) is 0. The molecule has 0 bridgehead atoms. The van der Waals surface area contributed by atoms with Gasteiger partial charge in [0.25, 0.3) is 0 Å². The molecule has 2 nitrogen and oxygen atoms in total. The van der Waals surface area contributed by atoms with Gasteiger partial charge >= 0.3 is 0 Å². The lowest BCUT2D eigenvalue weighted by Gasteiger charge is -2.09. The third-order valence-electron chi connectivity index (χ3n) is 3.73. The van der Waals surface area contributed by atoms with Crippen molar-refractivity contribution in [3.05, 3.63) is 60.7 Å². The van der Waals surface area contributed by atoms with Crippen molar-refractivity contribution in [3.8, 4) is 0 Å². The summed E-state index contributed by atoms with van der Waals surface area (Å²) in [5.74, 6) is 0. The zero-order valence-corrected chi connectivity index (χ0v) is 14.2. The van der Waals surface area contributed by atoms with Crippen LogP contribution in [0.1, 0.15) is 46.0 Å². The van der Waals surface area contributed by atoms with Crippen molar-refractivity contribution in [2.45, 2.75) is 46.0 Å². The Kier molecular flexibility index (Phi) is 7.25. The molecule has 0 aliphatic heterocycles. The number of hydrogen-bond donors (Lipinski definition) is 0. The Labute approximate surface area is 140 Å². The van der Waals surface area contributed by atoms with Crippen LogP contribution >= 0.6 is 0 Å². The smallest absolute Gasteiger partial charge is 0.0633 e. The Balaban J connectivity index is 2.30. The van der Waals surface area contributed by atoms with Crippen LogP contribution in [0, 0.1) is 0 Å². The number of unbranched alkanes of at least 4 members (excludes halogenated alkanes) is 2. The van der Waals surface area contributed by atoms with E-state index in [1.54, 1.807) is 0 Å². The summed E-state index contributed by atoms with van der Waals surface area (Å²) in [6.45, 7) is 4.38. The molecule has 0 fully saturated rings. The van der Waals surface area contributed by atoms with Crippen molar-refractivity contribution in [3.63, 3.8) is 0 Å². The normalized spacial score (nSPS) is 12.4. The highest BCUT2D eigenvalue weighted by Gasteiger charge is 2.08. The molecule has 0 aliphatic rings. The molecule has 2 aromatic rings. The molecule has 2 rings (SSSR count). The molecule has 0 saturated carbocycles. The van der Waals surface area contributed by atoms with Gasteiger partial charge in [0, 0.05) is 0 Å². The Morgan fingerprint density at radius 2 is 1.22 bits per heavy atom. The Morgan fingerprint density at radius 3 is 1.70 bits per heavy atom. The van der Waals surface area contributed by atoms with E-state index in [1.165, 1.54) is 12.8 Å². The second kappa shape index (κ2) is 9.73. The van der Waals surface area contributed by atoms with E-state index in [0.717, 1.165) is 42.1 Å². The van der Waals surface area contributed by atoms with Crippen molar-refractivity contribution >= 4 is 22.8 Å². The van der Waals surface area contributed by atoms with Crippen LogP contribution in [0.3, 0.4) is 0 Å². The van der Waals surface area contributed by atoms with Gasteiger partial charge in [0.1, 0.15) is 0 Å². The molecule has 0 amide bonds. The molecule has 0 N–H and O–H groups in total. The minimum absolute atomic E-state index is 0.896. The fourth-order valence-corrected chi connectivity index (χ4v) is 2.47. The van der Waals surface area contributed by atoms with Crippen LogP contribution in [0.4, 0.5) is 11.4 Å². The summed E-state index contributed by atoms with van der Waals surface area (Å²) in [7, 11) is 0. The van der Waals surface area contributed by atoms with Gasteiger partial charge in [0.15, 0.2) is 0 Å². The minimum Gasteiger partial charge on any atom is -0.252 e. The highest BCUT2D eigenvalue weighted by Crippen LogP contribution is 2.17. The first-order valence-corrected chi connectivity index (χ1v) is 8.59. The first-order chi connectivity index (χ1) is 11.3. The number of benzene rings is 2. The second-order valence-corrected chi connectivity index (χ2v) is 5.60. The molecule has 2 aromatic carbocycles. The molecular weight excluding hydrogens is 280 g/mol. The average molecular weight is 306 g/mol. The van der Waals surface area contributed by atoms with Crippen LogP contribution < -0.4 is 0 Å². The molecule has 0 saturated heterocycles. The lowest BCUT2D eigenvalue weighted by molar-refractivity contribution is 0.743. The first kappa shape index (κ1) is 17.1. The quantitative estimate of drug-likeness (QED) is 0.391. The second-order valence-electron chi connectivity index (χ2n) is 5.60. The fourth-order valence-electron chi connectivity index (χ4n) is 2.47. The third-order valence-corrected chi connectivity index (χ3v) is 3.73. The van der Waals surface area contributed by atoms with Gasteiger partial charge in [0.2, 0.25) is 0 Å². The molecule has 120 valence electrons. The van der Waals surface area contributed by atoms with Gasteiger partial charge in [-0.15, -0.1) is 0 Å². The Hall–Kier alpha value is -2.22. The molecule has 0 heterocycles. The first-order valence-electron chi connectivity index (χ1n) is 8.59. The maximum Gasteiger partial charge on any atom is 0.0633 e. The fraction of sp³-hybridized carbons (Fsp3) is 0.333. The number of nitrogens with zero attached hydrogens (tertiary/aromatic N) is 2. The molecular formula is C21H26N2. The van der Waals surface area contributed by atoms with Gasteiger partial charge in [-0.1, -0.05) is 63.1 Å². The summed E-state index contributed by atoms with van der Waals surface area (Å²) < 4.78 is 0. The van der Waals surface area contributed by atoms with E-state index >= 15 is 0 Å². The average Bonchev–Trinajstić information content (AvgIpc) is 2.61. The van der Waals surface area contributed by atoms with Gasteiger partial charge in [0.05, 0.1) is 22.8 Å². The Morgan fingerprint density at radius 1 is 0.696 bits per heavy atom. The van der Waals surface area contributed by atoms with Crippen molar-refractivity contribution in [1.29, 1.82) is 0 Å². The van der Waals surface area contributed by atoms with Gasteiger partial charge in [-0.05, 0) is 43.5 Å². The molecule has 0 aromatic heterocycles. The Bertz CT molecular complexity index is 627. The van der Waals surface area contributed by atoms with Crippen molar-refractivity contribution < 1.29 is 0 Å². The van der Waals surface area contributed by atoms with E-state index in [2.05, 4.69) is 26.0 Å². The zero-order valence-electron chi connectivity index (χ0n) is 14.2. The van der Waals surface area contributed by atoms with Crippen molar-refractivity contribution in [2.75, 3.05) is 0 Å². The molecule has 0 unspecified atom stereocenters. The lowest BCUT2D eigenvalue weighted by atomic mass is 10.0. The number of hydrogen-bond acceptors (Lipinski definition) is 2. The lowest BCUT2D eigenvalue weighted by Crippen LogP contribution is -2.13. The summed E-state index contributed by atoms with van der Waals surface area (Å²) >= 11 is 0. The highest BCUT2D eigenvalue weighted by molar-refractivity contribution is 6.43. The molecule has 0 atom stereocenters. The predicted molar refractivity (Wildman–Crippen MR) is 102 cm³/mol. The van der Waals surface area contributed by atoms with Crippen LogP contribution in [-0.2, 0) is 0 Å². The SMILES string of the molecule is CCCCCC(=Nc1ccccc1)C(CC)=Nc1ccccc1. The standard InChI is InChI=1S/C21H26N2/c1-3-5-8-17-21(23-19-15-11-7-12-16-19)20(4-2)22-18-13-9-6-10-14-18/h6-7,9-16H,3-5,8,17H2,1-2H3. The summed E-state index contributed by atoms with van der Waals surface area (Å²) in [5.41, 5.74) is 4.22. The van der Waals surface area contributed by atoms with E-state index in [1.807, 2.05) is 48.5 Å². The topological polar surface area (TPSA) is 24.7 Å². The largest absolute Gasteiger partial charge is 0.252 e.